The van der Waals surface area contributed by atoms with Crippen LogP contribution in [0.3, 0.4) is 0 Å². The zero-order valence-corrected chi connectivity index (χ0v) is 20.1. The molecule has 8 heteroatoms. The van der Waals surface area contributed by atoms with Crippen molar-refractivity contribution in [2.24, 2.45) is 5.92 Å². The number of nitrogens with one attached hydrogen (secondary N) is 1. The van der Waals surface area contributed by atoms with Gasteiger partial charge in [0.2, 0.25) is 5.91 Å². The van der Waals surface area contributed by atoms with E-state index in [1.165, 1.54) is 0 Å². The minimum Gasteiger partial charge on any atom is -0.497 e. The van der Waals surface area contributed by atoms with Crippen LogP contribution < -0.4 is 19.7 Å². The Morgan fingerprint density at radius 2 is 1.88 bits per heavy atom. The SMILES string of the molecule is COc1ccc(OC)c(N2C(=O)c3cc4occc4n3C[C@]2(C)C(=O)NC2CCC(C)CC2)c1. The summed E-state index contributed by atoms with van der Waals surface area (Å²) in [4.78, 5) is 29.5. The molecule has 1 N–H and O–H groups in total. The van der Waals surface area contributed by atoms with Gasteiger partial charge in [0.25, 0.3) is 5.91 Å². The molecule has 2 aromatic heterocycles. The van der Waals surface area contributed by atoms with Crippen molar-refractivity contribution in [3.8, 4) is 11.5 Å². The number of hydrogen-bond donors (Lipinski definition) is 1. The molecule has 2 amide bonds. The third-order valence-electron chi connectivity index (χ3n) is 7.37. The number of carbonyl (C=O) groups excluding carboxylic acids is 2. The number of aromatic nitrogens is 1. The van der Waals surface area contributed by atoms with Crippen molar-refractivity contribution in [1.82, 2.24) is 9.88 Å². The van der Waals surface area contributed by atoms with Crippen LogP contribution in [0, 0.1) is 5.92 Å². The highest BCUT2D eigenvalue weighted by molar-refractivity contribution is 6.14. The molecule has 0 unspecified atom stereocenters. The lowest BCUT2D eigenvalue weighted by atomic mass is 9.86. The van der Waals surface area contributed by atoms with E-state index in [1.54, 1.807) is 49.6 Å². The highest BCUT2D eigenvalue weighted by atomic mass is 16.5. The average Bonchev–Trinajstić information content (AvgIpc) is 3.43. The van der Waals surface area contributed by atoms with Gasteiger partial charge in [-0.3, -0.25) is 14.5 Å². The number of benzene rings is 1. The Bertz CT molecular complexity index is 1240. The number of hydrogen-bond acceptors (Lipinski definition) is 5. The van der Waals surface area contributed by atoms with Gasteiger partial charge < -0.3 is 23.8 Å². The van der Waals surface area contributed by atoms with Crippen molar-refractivity contribution in [3.05, 3.63) is 42.3 Å². The second-order valence-corrected chi connectivity index (χ2v) is 9.67. The smallest absolute Gasteiger partial charge is 0.276 e. The van der Waals surface area contributed by atoms with Crippen molar-refractivity contribution >= 4 is 28.6 Å². The van der Waals surface area contributed by atoms with Crippen molar-refractivity contribution in [2.75, 3.05) is 19.1 Å². The van der Waals surface area contributed by atoms with Gasteiger partial charge in [-0.1, -0.05) is 6.92 Å². The molecule has 0 radical (unpaired) electrons. The normalized spacial score (nSPS) is 24.7. The van der Waals surface area contributed by atoms with Crippen LogP contribution in [0.2, 0.25) is 0 Å². The van der Waals surface area contributed by atoms with Gasteiger partial charge >= 0.3 is 0 Å². The van der Waals surface area contributed by atoms with Crippen LogP contribution in [-0.2, 0) is 11.3 Å². The third kappa shape index (κ3) is 3.52. The molecule has 3 heterocycles. The molecular weight excluding hydrogens is 434 g/mol. The summed E-state index contributed by atoms with van der Waals surface area (Å²) in [6.45, 7) is 4.35. The number of anilines is 1. The van der Waals surface area contributed by atoms with E-state index in [0.717, 1.165) is 31.2 Å². The van der Waals surface area contributed by atoms with Crippen molar-refractivity contribution in [1.29, 1.82) is 0 Å². The Balaban J connectivity index is 1.61. The van der Waals surface area contributed by atoms with Crippen LogP contribution in [-0.4, -0.2) is 42.2 Å². The van der Waals surface area contributed by atoms with Gasteiger partial charge in [-0.2, -0.15) is 0 Å². The molecule has 5 rings (SSSR count). The highest BCUT2D eigenvalue weighted by Crippen LogP contribution is 2.42. The fourth-order valence-electron chi connectivity index (χ4n) is 5.31. The first-order chi connectivity index (χ1) is 16.4. The molecule has 0 bridgehead atoms. The molecule has 0 spiro atoms. The number of rotatable bonds is 5. The Morgan fingerprint density at radius 3 is 2.59 bits per heavy atom. The molecule has 1 aliphatic carbocycles. The summed E-state index contributed by atoms with van der Waals surface area (Å²) >= 11 is 0. The van der Waals surface area contributed by atoms with E-state index in [9.17, 15) is 9.59 Å². The molecule has 2 aliphatic rings. The number of fused-ring (bicyclic) bond motifs is 3. The van der Waals surface area contributed by atoms with Gasteiger partial charge in [0.15, 0.2) is 5.58 Å². The van der Waals surface area contributed by atoms with Crippen molar-refractivity contribution in [3.63, 3.8) is 0 Å². The Morgan fingerprint density at radius 1 is 1.12 bits per heavy atom. The number of furan rings is 1. The first-order valence-electron chi connectivity index (χ1n) is 11.8. The molecule has 1 atom stereocenters. The van der Waals surface area contributed by atoms with E-state index in [1.807, 2.05) is 17.6 Å². The van der Waals surface area contributed by atoms with Gasteiger partial charge in [0.1, 0.15) is 22.7 Å². The number of carbonyl (C=O) groups is 2. The molecule has 1 aliphatic heterocycles. The summed E-state index contributed by atoms with van der Waals surface area (Å²) < 4.78 is 18.5. The van der Waals surface area contributed by atoms with E-state index in [2.05, 4.69) is 12.2 Å². The second-order valence-electron chi connectivity index (χ2n) is 9.67. The summed E-state index contributed by atoms with van der Waals surface area (Å²) in [7, 11) is 3.12. The van der Waals surface area contributed by atoms with Crippen LogP contribution >= 0.6 is 0 Å². The largest absolute Gasteiger partial charge is 0.497 e. The van der Waals surface area contributed by atoms with E-state index in [-0.39, 0.29) is 24.4 Å². The van der Waals surface area contributed by atoms with Gasteiger partial charge in [-0.25, -0.2) is 0 Å². The topological polar surface area (TPSA) is 85.9 Å². The summed E-state index contributed by atoms with van der Waals surface area (Å²) in [5.41, 5.74) is 1.18. The molecule has 180 valence electrons. The fraction of sp³-hybridized carbons (Fsp3) is 0.462. The third-order valence-corrected chi connectivity index (χ3v) is 7.37. The van der Waals surface area contributed by atoms with Crippen LogP contribution in [0.1, 0.15) is 50.0 Å². The van der Waals surface area contributed by atoms with E-state index >= 15 is 0 Å². The predicted molar refractivity (Wildman–Crippen MR) is 129 cm³/mol. The number of ether oxygens (including phenoxy) is 2. The lowest BCUT2D eigenvalue weighted by Crippen LogP contribution is -2.65. The minimum absolute atomic E-state index is 0.102. The van der Waals surface area contributed by atoms with E-state index in [0.29, 0.717) is 34.4 Å². The second kappa shape index (κ2) is 8.42. The maximum Gasteiger partial charge on any atom is 0.276 e. The van der Waals surface area contributed by atoms with Gasteiger partial charge in [-0.05, 0) is 50.7 Å². The average molecular weight is 466 g/mol. The Labute approximate surface area is 198 Å². The molecule has 0 saturated heterocycles. The van der Waals surface area contributed by atoms with Gasteiger partial charge in [0, 0.05) is 24.2 Å². The fourth-order valence-corrected chi connectivity index (χ4v) is 5.31. The quantitative estimate of drug-likeness (QED) is 0.605. The first kappa shape index (κ1) is 22.4. The summed E-state index contributed by atoms with van der Waals surface area (Å²) in [5.74, 6) is 1.26. The molecule has 1 saturated carbocycles. The predicted octanol–water partition coefficient (Wildman–Crippen LogP) is 4.37. The molecule has 1 fully saturated rings. The zero-order chi connectivity index (χ0) is 24.0. The maximum atomic E-state index is 14.0. The number of methoxy groups -OCH3 is 2. The molecule has 3 aromatic rings. The van der Waals surface area contributed by atoms with Crippen molar-refractivity contribution in [2.45, 2.75) is 57.7 Å². The Kier molecular flexibility index (Phi) is 5.54. The van der Waals surface area contributed by atoms with Crippen LogP contribution in [0.25, 0.3) is 11.1 Å². The van der Waals surface area contributed by atoms with Crippen molar-refractivity contribution < 1.29 is 23.5 Å². The number of amides is 2. The van der Waals surface area contributed by atoms with Crippen LogP contribution in [0.4, 0.5) is 5.69 Å². The molecular formula is C26H31N3O5. The molecule has 34 heavy (non-hydrogen) atoms. The summed E-state index contributed by atoms with van der Waals surface area (Å²) in [5, 5.41) is 3.26. The Hall–Kier alpha value is -3.42. The lowest BCUT2D eigenvalue weighted by molar-refractivity contribution is -0.127. The maximum absolute atomic E-state index is 14.0. The van der Waals surface area contributed by atoms with E-state index in [4.69, 9.17) is 13.9 Å². The molecule has 1 aromatic carbocycles. The first-order valence-corrected chi connectivity index (χ1v) is 11.8. The lowest BCUT2D eigenvalue weighted by Gasteiger charge is -2.45. The standard InChI is InChI=1S/C26H31N3O5/c1-16-5-7-17(8-6-16)27-25(31)26(2)15-28-19-11-12-34-23(19)14-21(28)24(30)29(26)20-13-18(32-3)9-10-22(20)33-4/h9-14,16-17H,5-8,15H2,1-4H3,(H,27,31)/t16?,17?,26-/m1/s1. The van der Waals surface area contributed by atoms with Gasteiger partial charge in [-0.15, -0.1) is 0 Å². The van der Waals surface area contributed by atoms with Crippen LogP contribution in [0.5, 0.6) is 11.5 Å². The monoisotopic (exact) mass is 465 g/mol. The minimum atomic E-state index is -1.20. The summed E-state index contributed by atoms with van der Waals surface area (Å²) in [6.07, 6.45) is 5.66. The zero-order valence-electron chi connectivity index (χ0n) is 20.1. The number of nitrogens with zero attached hydrogens (tertiary/aromatic N) is 2. The van der Waals surface area contributed by atoms with Crippen LogP contribution in [0.15, 0.2) is 41.0 Å². The summed E-state index contributed by atoms with van der Waals surface area (Å²) in [6, 6.07) is 8.93. The van der Waals surface area contributed by atoms with E-state index < -0.39 is 5.54 Å². The highest BCUT2D eigenvalue weighted by Gasteiger charge is 2.50. The van der Waals surface area contributed by atoms with Gasteiger partial charge in [0.05, 0.1) is 38.2 Å². The molecule has 8 nitrogen and oxygen atoms in total.